The van der Waals surface area contributed by atoms with Gasteiger partial charge in [-0.1, -0.05) is 30.3 Å². The minimum Gasteiger partial charge on any atom is -0.256 e. The van der Waals surface area contributed by atoms with Gasteiger partial charge in [0.1, 0.15) is 0 Å². The molecule has 7 heteroatoms. The van der Waals surface area contributed by atoms with E-state index in [-0.39, 0.29) is 5.56 Å². The fraction of sp³-hybridized carbons (Fsp3) is 0.105. The second-order valence-corrected chi connectivity index (χ2v) is 5.59. The van der Waals surface area contributed by atoms with Crippen LogP contribution < -0.4 is 0 Å². The Balaban J connectivity index is 1.93. The Morgan fingerprint density at radius 3 is 1.62 bits per heavy atom. The molecule has 0 aliphatic heterocycles. The Morgan fingerprint density at radius 1 is 0.577 bits per heavy atom. The lowest BCUT2D eigenvalue weighted by molar-refractivity contribution is -0.138. The third-order valence-electron chi connectivity index (χ3n) is 3.77. The first-order valence-electron chi connectivity index (χ1n) is 7.46. The van der Waals surface area contributed by atoms with Gasteiger partial charge in [0.2, 0.25) is 0 Å². The normalized spacial score (nSPS) is 12.2. The number of nitrogens with zero attached hydrogens (tertiary/aromatic N) is 1. The number of hydrogen-bond donors (Lipinski definition) is 0. The molecule has 0 atom stereocenters. The summed E-state index contributed by atoms with van der Waals surface area (Å²) in [6.07, 6.45) is -7.58. The van der Waals surface area contributed by atoms with E-state index in [4.69, 9.17) is 0 Å². The first-order chi connectivity index (χ1) is 12.1. The highest BCUT2D eigenvalue weighted by molar-refractivity contribution is 5.67. The van der Waals surface area contributed by atoms with Crippen LogP contribution in [0.4, 0.5) is 26.3 Å². The van der Waals surface area contributed by atoms with E-state index in [1.54, 1.807) is 0 Å². The van der Waals surface area contributed by atoms with Crippen LogP contribution in [-0.4, -0.2) is 4.98 Å². The van der Waals surface area contributed by atoms with Crippen LogP contribution in [0.3, 0.4) is 0 Å². The molecule has 1 nitrogen and oxygen atoms in total. The Bertz CT molecular complexity index is 834. The van der Waals surface area contributed by atoms with Gasteiger partial charge in [-0.15, -0.1) is 0 Å². The summed E-state index contributed by atoms with van der Waals surface area (Å²) < 4.78 is 76.8. The molecule has 0 saturated heterocycles. The van der Waals surface area contributed by atoms with Crippen molar-refractivity contribution in [2.75, 3.05) is 0 Å². The van der Waals surface area contributed by atoms with Crippen molar-refractivity contribution in [2.24, 2.45) is 0 Å². The smallest absolute Gasteiger partial charge is 0.256 e. The van der Waals surface area contributed by atoms with Crippen molar-refractivity contribution in [3.05, 3.63) is 78.0 Å². The quantitative estimate of drug-likeness (QED) is 0.474. The van der Waals surface area contributed by atoms with E-state index >= 15 is 0 Å². The van der Waals surface area contributed by atoms with Crippen LogP contribution in [0, 0.1) is 0 Å². The molecule has 0 unspecified atom stereocenters. The number of benzene rings is 2. The molecule has 0 spiro atoms. The van der Waals surface area contributed by atoms with Crippen LogP contribution in [0.2, 0.25) is 0 Å². The molecule has 26 heavy (non-hydrogen) atoms. The molecule has 0 fully saturated rings. The van der Waals surface area contributed by atoms with Crippen LogP contribution in [0.1, 0.15) is 11.1 Å². The number of halogens is 6. The minimum absolute atomic E-state index is 0.274. The summed E-state index contributed by atoms with van der Waals surface area (Å²) in [5, 5.41) is 0. The first-order valence-corrected chi connectivity index (χ1v) is 7.46. The van der Waals surface area contributed by atoms with Crippen molar-refractivity contribution in [3.63, 3.8) is 0 Å². The molecule has 0 amide bonds. The van der Waals surface area contributed by atoms with E-state index in [1.165, 1.54) is 42.6 Å². The maximum Gasteiger partial charge on any atom is 0.416 e. The SMILES string of the molecule is FC(F)(F)c1cccc(-c2ccc(-c3cccc(C(F)(F)F)c3)nc2)c1. The fourth-order valence-corrected chi connectivity index (χ4v) is 2.47. The van der Waals surface area contributed by atoms with Crippen LogP contribution in [0.15, 0.2) is 66.9 Å². The van der Waals surface area contributed by atoms with Crippen molar-refractivity contribution in [1.82, 2.24) is 4.98 Å². The molecular weight excluding hydrogens is 356 g/mol. The van der Waals surface area contributed by atoms with Gasteiger partial charge in [-0.25, -0.2) is 0 Å². The third-order valence-corrected chi connectivity index (χ3v) is 3.77. The third kappa shape index (κ3) is 3.87. The Kier molecular flexibility index (Phi) is 4.48. The Hall–Kier alpha value is -2.83. The van der Waals surface area contributed by atoms with Crippen molar-refractivity contribution >= 4 is 0 Å². The van der Waals surface area contributed by atoms with E-state index in [0.29, 0.717) is 16.8 Å². The van der Waals surface area contributed by atoms with Gasteiger partial charge in [0.05, 0.1) is 16.8 Å². The van der Waals surface area contributed by atoms with Crippen LogP contribution in [0.25, 0.3) is 22.4 Å². The molecule has 2 aromatic carbocycles. The predicted molar refractivity (Wildman–Crippen MR) is 85.1 cm³/mol. The van der Waals surface area contributed by atoms with Crippen LogP contribution >= 0.6 is 0 Å². The van der Waals surface area contributed by atoms with Gasteiger partial charge in [0.25, 0.3) is 0 Å². The van der Waals surface area contributed by atoms with Gasteiger partial charge in [0.15, 0.2) is 0 Å². The fourth-order valence-electron chi connectivity index (χ4n) is 2.47. The topological polar surface area (TPSA) is 12.9 Å². The molecule has 3 aromatic rings. The van der Waals surface area contributed by atoms with Gasteiger partial charge in [-0.3, -0.25) is 4.98 Å². The number of pyridine rings is 1. The van der Waals surface area contributed by atoms with E-state index < -0.39 is 23.5 Å². The van der Waals surface area contributed by atoms with E-state index in [2.05, 4.69) is 4.98 Å². The van der Waals surface area contributed by atoms with Gasteiger partial charge in [-0.05, 0) is 35.9 Å². The summed E-state index contributed by atoms with van der Waals surface area (Å²) in [6.45, 7) is 0. The number of alkyl halides is 6. The van der Waals surface area contributed by atoms with Gasteiger partial charge >= 0.3 is 12.4 Å². The second-order valence-electron chi connectivity index (χ2n) is 5.59. The molecule has 0 N–H and O–H groups in total. The molecule has 0 aliphatic rings. The average molecular weight is 367 g/mol. The van der Waals surface area contributed by atoms with Gasteiger partial charge in [0, 0.05) is 17.3 Å². The zero-order valence-electron chi connectivity index (χ0n) is 13.1. The summed E-state index contributed by atoms with van der Waals surface area (Å²) in [5.41, 5.74) is -0.243. The highest BCUT2D eigenvalue weighted by Gasteiger charge is 2.31. The standard InChI is InChI=1S/C19H11F6N/c20-18(21,22)15-5-1-3-12(9-15)14-7-8-17(26-11-14)13-4-2-6-16(10-13)19(23,24)25/h1-11H. The maximum atomic E-state index is 12.8. The first kappa shape index (κ1) is 18.0. The minimum atomic E-state index is -4.46. The van der Waals surface area contributed by atoms with Gasteiger partial charge < -0.3 is 0 Å². The molecule has 3 rings (SSSR count). The lowest BCUT2D eigenvalue weighted by Gasteiger charge is -2.10. The molecule has 0 aliphatic carbocycles. The largest absolute Gasteiger partial charge is 0.416 e. The molecule has 0 radical (unpaired) electrons. The molecule has 1 heterocycles. The summed E-state index contributed by atoms with van der Waals surface area (Å²) in [5.74, 6) is 0. The lowest BCUT2D eigenvalue weighted by Crippen LogP contribution is -2.04. The van der Waals surface area contributed by atoms with E-state index in [0.717, 1.165) is 24.3 Å². The van der Waals surface area contributed by atoms with Crippen LogP contribution in [0.5, 0.6) is 0 Å². The second kappa shape index (κ2) is 6.48. The average Bonchev–Trinajstić information content (AvgIpc) is 2.61. The molecule has 134 valence electrons. The molecule has 1 aromatic heterocycles. The van der Waals surface area contributed by atoms with E-state index in [9.17, 15) is 26.3 Å². The van der Waals surface area contributed by atoms with Crippen molar-refractivity contribution in [1.29, 1.82) is 0 Å². The van der Waals surface area contributed by atoms with Crippen LogP contribution in [-0.2, 0) is 12.4 Å². The lowest BCUT2D eigenvalue weighted by atomic mass is 10.0. The monoisotopic (exact) mass is 367 g/mol. The Labute approximate surface area is 144 Å². The van der Waals surface area contributed by atoms with Crippen molar-refractivity contribution in [3.8, 4) is 22.4 Å². The zero-order valence-corrected chi connectivity index (χ0v) is 13.1. The Morgan fingerprint density at radius 2 is 1.12 bits per heavy atom. The summed E-state index contributed by atoms with van der Waals surface area (Å²) in [7, 11) is 0. The van der Waals surface area contributed by atoms with Crippen molar-refractivity contribution < 1.29 is 26.3 Å². The highest BCUT2D eigenvalue weighted by atomic mass is 19.4. The predicted octanol–water partition coefficient (Wildman–Crippen LogP) is 6.45. The summed E-state index contributed by atoms with van der Waals surface area (Å²) in [4.78, 5) is 4.09. The molecular formula is C19H11F6N. The maximum absolute atomic E-state index is 12.8. The summed E-state index contributed by atoms with van der Waals surface area (Å²) >= 11 is 0. The highest BCUT2D eigenvalue weighted by Crippen LogP contribution is 2.33. The van der Waals surface area contributed by atoms with Gasteiger partial charge in [-0.2, -0.15) is 26.3 Å². The molecule has 0 saturated carbocycles. The van der Waals surface area contributed by atoms with Crippen molar-refractivity contribution in [2.45, 2.75) is 12.4 Å². The number of aromatic nitrogens is 1. The number of hydrogen-bond acceptors (Lipinski definition) is 1. The number of rotatable bonds is 2. The zero-order chi connectivity index (χ0) is 18.9. The summed E-state index contributed by atoms with van der Waals surface area (Å²) in [6, 6.07) is 12.5. The molecule has 0 bridgehead atoms. The van der Waals surface area contributed by atoms with E-state index in [1.807, 2.05) is 0 Å².